The van der Waals surface area contributed by atoms with Gasteiger partial charge in [-0.15, -0.1) is 11.3 Å². The molecule has 0 aliphatic heterocycles. The number of aromatic nitrogens is 1. The number of nitrogens with one attached hydrogen (secondary N) is 1. The van der Waals surface area contributed by atoms with Crippen molar-refractivity contribution in [1.82, 2.24) is 10.3 Å². The van der Waals surface area contributed by atoms with E-state index in [4.69, 9.17) is 4.98 Å². The van der Waals surface area contributed by atoms with Crippen LogP contribution in [0.3, 0.4) is 0 Å². The van der Waals surface area contributed by atoms with E-state index in [1.54, 1.807) is 0 Å². The minimum atomic E-state index is 0.886. The van der Waals surface area contributed by atoms with Crippen molar-refractivity contribution < 1.29 is 0 Å². The van der Waals surface area contributed by atoms with Crippen LogP contribution in [-0.4, -0.2) is 25.1 Å². The molecular formula is C14H25N3S. The van der Waals surface area contributed by atoms with Gasteiger partial charge in [-0.2, -0.15) is 0 Å². The van der Waals surface area contributed by atoms with Gasteiger partial charge in [-0.1, -0.05) is 19.8 Å². The molecule has 18 heavy (non-hydrogen) atoms. The fourth-order valence-corrected chi connectivity index (χ4v) is 3.64. The summed E-state index contributed by atoms with van der Waals surface area (Å²) in [6, 6.07) is 0. The summed E-state index contributed by atoms with van der Waals surface area (Å²) in [6.45, 7) is 7.41. The molecule has 1 aliphatic rings. The summed E-state index contributed by atoms with van der Waals surface area (Å²) >= 11 is 1.84. The van der Waals surface area contributed by atoms with Gasteiger partial charge >= 0.3 is 0 Å². The normalized spacial score (nSPS) is 16.4. The molecule has 0 bridgehead atoms. The number of aryl methyl sites for hydroxylation is 1. The topological polar surface area (TPSA) is 28.2 Å². The highest BCUT2D eigenvalue weighted by molar-refractivity contribution is 7.15. The fourth-order valence-electron chi connectivity index (χ4n) is 2.64. The molecule has 1 saturated carbocycles. The first-order chi connectivity index (χ1) is 8.70. The van der Waals surface area contributed by atoms with E-state index < -0.39 is 0 Å². The van der Waals surface area contributed by atoms with Crippen LogP contribution in [0.4, 0.5) is 5.13 Å². The summed E-state index contributed by atoms with van der Waals surface area (Å²) in [7, 11) is 2.19. The van der Waals surface area contributed by atoms with Crippen molar-refractivity contribution in [2.75, 3.05) is 25.0 Å². The average molecular weight is 267 g/mol. The molecule has 0 amide bonds. The molecule has 3 nitrogen and oxygen atoms in total. The molecule has 102 valence electrons. The SMILES string of the molecule is CCNCc1sc(N(C)CC2CCCC2)nc1C. The van der Waals surface area contributed by atoms with Crippen molar-refractivity contribution in [1.29, 1.82) is 0 Å². The Kier molecular flexibility index (Phi) is 5.01. The molecule has 1 N–H and O–H groups in total. The van der Waals surface area contributed by atoms with Gasteiger partial charge in [0.15, 0.2) is 5.13 Å². The minimum Gasteiger partial charge on any atom is -0.351 e. The summed E-state index contributed by atoms with van der Waals surface area (Å²) in [4.78, 5) is 8.44. The Bertz CT molecular complexity index is 369. The summed E-state index contributed by atoms with van der Waals surface area (Å²) in [5, 5.41) is 4.57. The first-order valence-corrected chi connectivity index (χ1v) is 7.90. The Labute approximate surface area is 115 Å². The molecule has 0 aromatic carbocycles. The van der Waals surface area contributed by atoms with Gasteiger partial charge < -0.3 is 10.2 Å². The molecule has 4 heteroatoms. The summed E-state index contributed by atoms with van der Waals surface area (Å²) < 4.78 is 0. The fraction of sp³-hybridized carbons (Fsp3) is 0.786. The molecule has 0 radical (unpaired) electrons. The second-order valence-corrected chi connectivity index (χ2v) is 6.38. The monoisotopic (exact) mass is 267 g/mol. The number of rotatable bonds is 6. The van der Waals surface area contributed by atoms with Crippen LogP contribution in [0.2, 0.25) is 0 Å². The van der Waals surface area contributed by atoms with E-state index in [1.807, 2.05) is 11.3 Å². The van der Waals surface area contributed by atoms with Gasteiger partial charge in [-0.3, -0.25) is 0 Å². The van der Waals surface area contributed by atoms with Crippen LogP contribution < -0.4 is 10.2 Å². The molecule has 1 heterocycles. The van der Waals surface area contributed by atoms with E-state index in [2.05, 4.69) is 31.1 Å². The molecule has 0 atom stereocenters. The van der Waals surface area contributed by atoms with Crippen LogP contribution >= 0.6 is 11.3 Å². The summed E-state index contributed by atoms with van der Waals surface area (Å²) in [6.07, 6.45) is 5.64. The van der Waals surface area contributed by atoms with Gasteiger partial charge in [0.25, 0.3) is 0 Å². The Morgan fingerprint density at radius 2 is 2.11 bits per heavy atom. The zero-order valence-electron chi connectivity index (χ0n) is 11.8. The Hall–Kier alpha value is -0.610. The third kappa shape index (κ3) is 3.45. The van der Waals surface area contributed by atoms with Gasteiger partial charge in [-0.05, 0) is 32.2 Å². The lowest BCUT2D eigenvalue weighted by Crippen LogP contribution is -2.23. The summed E-state index contributed by atoms with van der Waals surface area (Å²) in [5.74, 6) is 0.886. The van der Waals surface area contributed by atoms with Crippen molar-refractivity contribution in [3.8, 4) is 0 Å². The zero-order valence-corrected chi connectivity index (χ0v) is 12.6. The number of nitrogens with zero attached hydrogens (tertiary/aromatic N) is 2. The molecular weight excluding hydrogens is 242 g/mol. The number of anilines is 1. The molecule has 2 rings (SSSR count). The van der Waals surface area contributed by atoms with E-state index in [-0.39, 0.29) is 0 Å². The van der Waals surface area contributed by atoms with Crippen LogP contribution in [0.1, 0.15) is 43.2 Å². The molecule has 1 aromatic heterocycles. The first-order valence-electron chi connectivity index (χ1n) is 7.09. The second-order valence-electron chi connectivity index (χ2n) is 5.32. The average Bonchev–Trinajstić information content (AvgIpc) is 2.96. The maximum Gasteiger partial charge on any atom is 0.185 e. The highest BCUT2D eigenvalue weighted by atomic mass is 32.1. The second kappa shape index (κ2) is 6.53. The lowest BCUT2D eigenvalue weighted by Gasteiger charge is -2.19. The van der Waals surface area contributed by atoms with Gasteiger partial charge in [-0.25, -0.2) is 4.98 Å². The van der Waals surface area contributed by atoms with Gasteiger partial charge in [0.2, 0.25) is 0 Å². The largest absolute Gasteiger partial charge is 0.351 e. The van der Waals surface area contributed by atoms with E-state index in [0.717, 1.165) is 19.0 Å². The van der Waals surface area contributed by atoms with Gasteiger partial charge in [0.1, 0.15) is 0 Å². The van der Waals surface area contributed by atoms with Gasteiger partial charge in [0.05, 0.1) is 5.69 Å². The third-order valence-electron chi connectivity index (χ3n) is 3.75. The molecule has 1 aliphatic carbocycles. The number of hydrogen-bond acceptors (Lipinski definition) is 4. The Balaban J connectivity index is 1.94. The molecule has 1 aromatic rings. The summed E-state index contributed by atoms with van der Waals surface area (Å²) in [5.41, 5.74) is 1.19. The predicted octanol–water partition coefficient (Wildman–Crippen LogP) is 3.19. The smallest absolute Gasteiger partial charge is 0.185 e. The number of thiazole rings is 1. The van der Waals surface area contributed by atoms with Crippen molar-refractivity contribution in [2.24, 2.45) is 5.92 Å². The van der Waals surface area contributed by atoms with E-state index in [1.165, 1.54) is 47.9 Å². The van der Waals surface area contributed by atoms with Crippen LogP contribution in [0.25, 0.3) is 0 Å². The van der Waals surface area contributed by atoms with E-state index in [9.17, 15) is 0 Å². The van der Waals surface area contributed by atoms with Crippen molar-refractivity contribution in [3.05, 3.63) is 10.6 Å². The lowest BCUT2D eigenvalue weighted by atomic mass is 10.1. The Morgan fingerprint density at radius 1 is 1.39 bits per heavy atom. The highest BCUT2D eigenvalue weighted by Crippen LogP contribution is 2.29. The highest BCUT2D eigenvalue weighted by Gasteiger charge is 2.19. The lowest BCUT2D eigenvalue weighted by molar-refractivity contribution is 0.546. The molecule has 0 saturated heterocycles. The van der Waals surface area contributed by atoms with Crippen molar-refractivity contribution in [2.45, 2.75) is 46.1 Å². The Morgan fingerprint density at radius 3 is 2.78 bits per heavy atom. The number of hydrogen-bond donors (Lipinski definition) is 1. The van der Waals surface area contributed by atoms with Crippen LogP contribution in [0.5, 0.6) is 0 Å². The third-order valence-corrected chi connectivity index (χ3v) is 5.02. The standard InChI is InChI=1S/C14H25N3S/c1-4-15-9-13-11(2)16-14(18-13)17(3)10-12-7-5-6-8-12/h12,15H,4-10H2,1-3H3. The predicted molar refractivity (Wildman–Crippen MR) is 79.5 cm³/mol. The molecule has 0 unspecified atom stereocenters. The first kappa shape index (κ1) is 13.8. The van der Waals surface area contributed by atoms with Crippen molar-refractivity contribution >= 4 is 16.5 Å². The van der Waals surface area contributed by atoms with Crippen LogP contribution in [0, 0.1) is 12.8 Å². The van der Waals surface area contributed by atoms with E-state index >= 15 is 0 Å². The van der Waals surface area contributed by atoms with Crippen LogP contribution in [-0.2, 0) is 6.54 Å². The maximum atomic E-state index is 4.71. The maximum absolute atomic E-state index is 4.71. The van der Waals surface area contributed by atoms with E-state index in [0.29, 0.717) is 0 Å². The zero-order chi connectivity index (χ0) is 13.0. The van der Waals surface area contributed by atoms with Crippen molar-refractivity contribution in [3.63, 3.8) is 0 Å². The van der Waals surface area contributed by atoms with Crippen LogP contribution in [0.15, 0.2) is 0 Å². The minimum absolute atomic E-state index is 0.886. The molecule has 0 spiro atoms. The quantitative estimate of drug-likeness (QED) is 0.858. The molecule has 1 fully saturated rings. The van der Waals surface area contributed by atoms with Gasteiger partial charge in [0, 0.05) is 25.0 Å².